The number of likely N-dealkylation sites (tertiary alicyclic amines) is 1. The Hall–Kier alpha value is -2.44. The third-order valence-corrected chi connectivity index (χ3v) is 7.60. The molecule has 0 radical (unpaired) electrons. The topological polar surface area (TPSA) is 66.2 Å². The second kappa shape index (κ2) is 10.4. The Morgan fingerprint density at radius 1 is 1.09 bits per heavy atom. The Kier molecular flexibility index (Phi) is 7.16. The minimum absolute atomic E-state index is 0.164. The van der Waals surface area contributed by atoms with Crippen LogP contribution in [0.4, 0.5) is 5.95 Å². The smallest absolute Gasteiger partial charge is 0.224 e. The number of hydrogen-bond acceptors (Lipinski definition) is 5. The standard InChI is InChI=1S/C28H39N5O/c1-3-6-20(2)30-28-29-17-25-26(19-33(27(25)31-28)23-11-13-24(34)14-12-23)22-9-7-21(8-10-22)18-32-15-4-5-16-32/h7-10,17,19-20,23-24,34H,3-6,11-16,18H2,1-2H3,(H,29,30,31)/t20?,23-,24-. The van der Waals surface area contributed by atoms with Crippen LogP contribution in [0.5, 0.6) is 0 Å². The van der Waals surface area contributed by atoms with Crippen molar-refractivity contribution < 1.29 is 5.11 Å². The van der Waals surface area contributed by atoms with E-state index in [1.807, 2.05) is 6.20 Å². The van der Waals surface area contributed by atoms with Crippen LogP contribution in [-0.2, 0) is 6.54 Å². The molecule has 2 aromatic heterocycles. The molecule has 2 N–H and O–H groups in total. The number of fused-ring (bicyclic) bond motifs is 1. The van der Waals surface area contributed by atoms with Gasteiger partial charge in [0, 0.05) is 42.0 Å². The molecule has 2 fully saturated rings. The number of nitrogens with zero attached hydrogens (tertiary/aromatic N) is 4. The second-order valence-electron chi connectivity index (χ2n) is 10.4. The van der Waals surface area contributed by atoms with Crippen LogP contribution in [0.1, 0.15) is 76.8 Å². The van der Waals surface area contributed by atoms with Gasteiger partial charge >= 0.3 is 0 Å². The molecule has 3 aromatic rings. The zero-order valence-corrected chi connectivity index (χ0v) is 20.7. The largest absolute Gasteiger partial charge is 0.393 e. The van der Waals surface area contributed by atoms with E-state index in [0.717, 1.165) is 56.1 Å². The molecule has 1 aliphatic carbocycles. The Bertz CT molecular complexity index is 1080. The first-order valence-electron chi connectivity index (χ1n) is 13.2. The lowest BCUT2D eigenvalue weighted by Crippen LogP contribution is -2.21. The number of rotatable bonds is 8. The third-order valence-electron chi connectivity index (χ3n) is 7.60. The van der Waals surface area contributed by atoms with Crippen LogP contribution in [0.25, 0.3) is 22.2 Å². The van der Waals surface area contributed by atoms with Crippen molar-refractivity contribution in [3.63, 3.8) is 0 Å². The molecule has 0 amide bonds. The van der Waals surface area contributed by atoms with Crippen LogP contribution in [-0.4, -0.2) is 49.8 Å². The summed E-state index contributed by atoms with van der Waals surface area (Å²) in [6, 6.07) is 9.77. The van der Waals surface area contributed by atoms with Crippen molar-refractivity contribution in [3.05, 3.63) is 42.2 Å². The molecule has 34 heavy (non-hydrogen) atoms. The van der Waals surface area contributed by atoms with Gasteiger partial charge in [-0.05, 0) is 76.1 Å². The Balaban J connectivity index is 1.47. The van der Waals surface area contributed by atoms with E-state index in [0.29, 0.717) is 18.0 Å². The molecule has 1 atom stereocenters. The summed E-state index contributed by atoms with van der Waals surface area (Å²) < 4.78 is 2.35. The van der Waals surface area contributed by atoms with E-state index >= 15 is 0 Å². The molecule has 5 rings (SSSR count). The summed E-state index contributed by atoms with van der Waals surface area (Å²) in [5, 5.41) is 14.6. The fraction of sp³-hybridized carbons (Fsp3) is 0.571. The van der Waals surface area contributed by atoms with Crippen LogP contribution >= 0.6 is 0 Å². The lowest BCUT2D eigenvalue weighted by molar-refractivity contribution is 0.111. The molecule has 0 spiro atoms. The Labute approximate surface area is 203 Å². The van der Waals surface area contributed by atoms with Crippen molar-refractivity contribution >= 4 is 17.0 Å². The molecule has 0 bridgehead atoms. The molecule has 1 aromatic carbocycles. The zero-order valence-electron chi connectivity index (χ0n) is 20.7. The van der Waals surface area contributed by atoms with Gasteiger partial charge in [0.25, 0.3) is 0 Å². The third kappa shape index (κ3) is 5.13. The van der Waals surface area contributed by atoms with Crippen molar-refractivity contribution in [2.45, 2.75) is 89.9 Å². The highest BCUT2D eigenvalue weighted by Gasteiger charge is 2.24. The van der Waals surface area contributed by atoms with Crippen molar-refractivity contribution in [1.29, 1.82) is 0 Å². The number of benzene rings is 1. The fourth-order valence-electron chi connectivity index (χ4n) is 5.66. The maximum atomic E-state index is 10.0. The van der Waals surface area contributed by atoms with E-state index in [4.69, 9.17) is 4.98 Å². The molecule has 6 heteroatoms. The van der Waals surface area contributed by atoms with Crippen molar-refractivity contribution in [2.75, 3.05) is 18.4 Å². The predicted octanol–water partition coefficient (Wildman–Crippen LogP) is 5.77. The van der Waals surface area contributed by atoms with E-state index in [1.54, 1.807) is 0 Å². The highest BCUT2D eigenvalue weighted by molar-refractivity contribution is 5.94. The summed E-state index contributed by atoms with van der Waals surface area (Å²) in [5.74, 6) is 0.705. The average molecular weight is 462 g/mol. The summed E-state index contributed by atoms with van der Waals surface area (Å²) in [4.78, 5) is 12.2. The monoisotopic (exact) mass is 461 g/mol. The highest BCUT2D eigenvalue weighted by atomic mass is 16.3. The quantitative estimate of drug-likeness (QED) is 0.446. The highest BCUT2D eigenvalue weighted by Crippen LogP contribution is 2.37. The number of aliphatic hydroxyl groups excluding tert-OH is 1. The Morgan fingerprint density at radius 2 is 1.82 bits per heavy atom. The first-order valence-corrected chi connectivity index (χ1v) is 13.2. The predicted molar refractivity (Wildman–Crippen MR) is 139 cm³/mol. The van der Waals surface area contributed by atoms with E-state index < -0.39 is 0 Å². The fourth-order valence-corrected chi connectivity index (χ4v) is 5.66. The van der Waals surface area contributed by atoms with Gasteiger partial charge < -0.3 is 15.0 Å². The second-order valence-corrected chi connectivity index (χ2v) is 10.4. The molecular formula is C28H39N5O. The molecular weight excluding hydrogens is 422 g/mol. The molecule has 182 valence electrons. The molecule has 3 heterocycles. The van der Waals surface area contributed by atoms with E-state index in [1.165, 1.54) is 42.6 Å². The van der Waals surface area contributed by atoms with Crippen molar-refractivity contribution in [2.24, 2.45) is 0 Å². The SMILES string of the molecule is CCCC(C)Nc1ncc2c(-c3ccc(CN4CCCC4)cc3)cn([C@H]3CC[C@H](O)CC3)c2n1. The summed E-state index contributed by atoms with van der Waals surface area (Å²) in [7, 11) is 0. The van der Waals surface area contributed by atoms with Gasteiger partial charge in [0.05, 0.1) is 6.10 Å². The minimum atomic E-state index is -0.164. The van der Waals surface area contributed by atoms with Crippen LogP contribution in [0, 0.1) is 0 Å². The zero-order chi connectivity index (χ0) is 23.5. The van der Waals surface area contributed by atoms with Gasteiger partial charge in [-0.1, -0.05) is 37.6 Å². The van der Waals surface area contributed by atoms with Gasteiger partial charge in [-0.3, -0.25) is 4.90 Å². The normalized spacial score (nSPS) is 22.3. The maximum Gasteiger partial charge on any atom is 0.224 e. The molecule has 1 unspecified atom stereocenters. The van der Waals surface area contributed by atoms with Gasteiger partial charge in [0.2, 0.25) is 5.95 Å². The number of hydrogen-bond donors (Lipinski definition) is 2. The molecule has 1 aliphatic heterocycles. The molecule has 1 saturated heterocycles. The van der Waals surface area contributed by atoms with Crippen LogP contribution in [0.3, 0.4) is 0 Å². The molecule has 1 saturated carbocycles. The van der Waals surface area contributed by atoms with Gasteiger partial charge in [-0.2, -0.15) is 4.98 Å². The number of aromatic nitrogens is 3. The van der Waals surface area contributed by atoms with Gasteiger partial charge in [0.15, 0.2) is 0 Å². The van der Waals surface area contributed by atoms with E-state index in [2.05, 4.69) is 64.1 Å². The van der Waals surface area contributed by atoms with Crippen LogP contribution in [0.2, 0.25) is 0 Å². The summed E-state index contributed by atoms with van der Waals surface area (Å²) >= 11 is 0. The summed E-state index contributed by atoms with van der Waals surface area (Å²) in [5.41, 5.74) is 4.79. The number of nitrogens with one attached hydrogen (secondary N) is 1. The van der Waals surface area contributed by atoms with Gasteiger partial charge in [-0.25, -0.2) is 4.98 Å². The summed E-state index contributed by atoms with van der Waals surface area (Å²) in [6.45, 7) is 7.87. The number of anilines is 1. The summed E-state index contributed by atoms with van der Waals surface area (Å²) in [6.07, 6.45) is 12.7. The van der Waals surface area contributed by atoms with E-state index in [9.17, 15) is 5.11 Å². The first-order chi connectivity index (χ1) is 16.6. The van der Waals surface area contributed by atoms with Crippen molar-refractivity contribution in [1.82, 2.24) is 19.4 Å². The van der Waals surface area contributed by atoms with Crippen molar-refractivity contribution in [3.8, 4) is 11.1 Å². The lowest BCUT2D eigenvalue weighted by atomic mass is 9.93. The van der Waals surface area contributed by atoms with Gasteiger partial charge in [0.1, 0.15) is 5.65 Å². The lowest BCUT2D eigenvalue weighted by Gasteiger charge is -2.27. The maximum absolute atomic E-state index is 10.0. The Morgan fingerprint density at radius 3 is 2.53 bits per heavy atom. The van der Waals surface area contributed by atoms with Crippen LogP contribution < -0.4 is 5.32 Å². The van der Waals surface area contributed by atoms with Crippen LogP contribution in [0.15, 0.2) is 36.7 Å². The van der Waals surface area contributed by atoms with Gasteiger partial charge in [-0.15, -0.1) is 0 Å². The number of aliphatic hydroxyl groups is 1. The van der Waals surface area contributed by atoms with E-state index in [-0.39, 0.29) is 6.10 Å². The first kappa shape index (κ1) is 23.3. The minimum Gasteiger partial charge on any atom is -0.393 e. The molecule has 2 aliphatic rings. The average Bonchev–Trinajstić information content (AvgIpc) is 3.48. The molecule has 6 nitrogen and oxygen atoms in total.